The number of ketones is 1. The highest BCUT2D eigenvalue weighted by Crippen LogP contribution is 2.27. The van der Waals surface area contributed by atoms with Crippen molar-refractivity contribution in [3.05, 3.63) is 35.1 Å². The van der Waals surface area contributed by atoms with Crippen LogP contribution in [-0.4, -0.2) is 11.8 Å². The second-order valence-electron chi connectivity index (χ2n) is 6.44. The molecule has 0 bridgehead atoms. The molecule has 1 heterocycles. The van der Waals surface area contributed by atoms with Gasteiger partial charge in [-0.25, -0.2) is 15.2 Å². The number of rotatable bonds is 6. The van der Waals surface area contributed by atoms with Crippen molar-refractivity contribution in [2.45, 2.75) is 52.1 Å². The molecule has 2 N–H and O–H groups in total. The van der Waals surface area contributed by atoms with Crippen molar-refractivity contribution in [2.24, 2.45) is 11.8 Å². The van der Waals surface area contributed by atoms with E-state index in [0.717, 1.165) is 18.4 Å². The van der Waals surface area contributed by atoms with Gasteiger partial charge >= 0.3 is 0 Å². The SMILES string of the molecule is CCCC(C)C(C)C(=O)C1CC(c2ccc(C#N)c(F)c2)NN1. The molecular weight excluding hydrogens is 293 g/mol. The van der Waals surface area contributed by atoms with Gasteiger partial charge in [-0.05, 0) is 30.0 Å². The third-order valence-corrected chi connectivity index (χ3v) is 4.81. The minimum absolute atomic E-state index is 0.00528. The van der Waals surface area contributed by atoms with E-state index in [1.807, 2.05) is 13.0 Å². The Kier molecular flexibility index (Phi) is 5.86. The van der Waals surface area contributed by atoms with Gasteiger partial charge in [-0.1, -0.05) is 39.7 Å². The van der Waals surface area contributed by atoms with Crippen LogP contribution in [0.5, 0.6) is 0 Å². The largest absolute Gasteiger partial charge is 0.298 e. The van der Waals surface area contributed by atoms with Gasteiger partial charge in [-0.2, -0.15) is 5.26 Å². The number of halogens is 1. The van der Waals surface area contributed by atoms with E-state index in [4.69, 9.17) is 5.26 Å². The summed E-state index contributed by atoms with van der Waals surface area (Å²) in [6.45, 7) is 6.22. The first-order valence-corrected chi connectivity index (χ1v) is 8.22. The maximum absolute atomic E-state index is 13.7. The molecule has 0 radical (unpaired) electrons. The van der Waals surface area contributed by atoms with Crippen LogP contribution in [0.1, 0.15) is 57.2 Å². The fourth-order valence-corrected chi connectivity index (χ4v) is 3.10. The van der Waals surface area contributed by atoms with Crippen LogP contribution in [0.25, 0.3) is 0 Å². The molecule has 1 saturated heterocycles. The minimum Gasteiger partial charge on any atom is -0.298 e. The van der Waals surface area contributed by atoms with Gasteiger partial charge in [-0.15, -0.1) is 0 Å². The fraction of sp³-hybridized carbons (Fsp3) is 0.556. The quantitative estimate of drug-likeness (QED) is 0.845. The van der Waals surface area contributed by atoms with Crippen LogP contribution < -0.4 is 10.9 Å². The molecule has 1 aliphatic rings. The summed E-state index contributed by atoms with van der Waals surface area (Å²) < 4.78 is 13.7. The Morgan fingerprint density at radius 3 is 2.78 bits per heavy atom. The van der Waals surface area contributed by atoms with Crippen LogP contribution in [0.4, 0.5) is 4.39 Å². The van der Waals surface area contributed by atoms with Crippen LogP contribution in [-0.2, 0) is 4.79 Å². The summed E-state index contributed by atoms with van der Waals surface area (Å²) in [5, 5.41) is 8.78. The molecule has 0 spiro atoms. The summed E-state index contributed by atoms with van der Waals surface area (Å²) in [5.74, 6) is 0.0491. The van der Waals surface area contributed by atoms with E-state index >= 15 is 0 Å². The number of nitriles is 1. The number of Topliss-reactive ketones (excluding diaryl/α,β-unsaturated/α-hetero) is 1. The van der Waals surface area contributed by atoms with Gasteiger partial charge in [-0.3, -0.25) is 4.79 Å². The Bertz CT molecular complexity index is 611. The molecule has 0 aliphatic carbocycles. The second kappa shape index (κ2) is 7.67. The predicted octanol–water partition coefficient (Wildman–Crippen LogP) is 3.25. The van der Waals surface area contributed by atoms with Crippen molar-refractivity contribution in [1.82, 2.24) is 10.9 Å². The lowest BCUT2D eigenvalue weighted by atomic mass is 9.84. The number of hydrazine groups is 1. The highest BCUT2D eigenvalue weighted by Gasteiger charge is 2.34. The van der Waals surface area contributed by atoms with Crippen molar-refractivity contribution in [3.63, 3.8) is 0 Å². The van der Waals surface area contributed by atoms with Gasteiger partial charge in [0.1, 0.15) is 11.9 Å². The molecule has 23 heavy (non-hydrogen) atoms. The Hall–Kier alpha value is -1.77. The van der Waals surface area contributed by atoms with Crippen molar-refractivity contribution >= 4 is 5.78 Å². The normalized spacial score (nSPS) is 23.3. The molecule has 4 atom stereocenters. The summed E-state index contributed by atoms with van der Waals surface area (Å²) in [7, 11) is 0. The second-order valence-corrected chi connectivity index (χ2v) is 6.44. The van der Waals surface area contributed by atoms with Crippen LogP contribution in [0, 0.1) is 29.0 Å². The Balaban J connectivity index is 2.02. The number of carbonyl (C=O) groups is 1. The van der Waals surface area contributed by atoms with Crippen LogP contribution >= 0.6 is 0 Å². The van der Waals surface area contributed by atoms with Crippen molar-refractivity contribution in [2.75, 3.05) is 0 Å². The molecule has 124 valence electrons. The van der Waals surface area contributed by atoms with E-state index in [-0.39, 0.29) is 29.3 Å². The highest BCUT2D eigenvalue weighted by molar-refractivity contribution is 5.86. The molecule has 0 aromatic heterocycles. The monoisotopic (exact) mass is 317 g/mol. The highest BCUT2D eigenvalue weighted by atomic mass is 19.1. The summed E-state index contributed by atoms with van der Waals surface area (Å²) in [6, 6.07) is 6.01. The summed E-state index contributed by atoms with van der Waals surface area (Å²) in [5.41, 5.74) is 6.90. The first kappa shape index (κ1) is 17.6. The van der Waals surface area contributed by atoms with Crippen LogP contribution in [0.15, 0.2) is 18.2 Å². The smallest absolute Gasteiger partial charge is 0.154 e. The van der Waals surface area contributed by atoms with Gasteiger partial charge in [0.25, 0.3) is 0 Å². The van der Waals surface area contributed by atoms with Gasteiger partial charge in [0.15, 0.2) is 5.78 Å². The lowest BCUT2D eigenvalue weighted by Crippen LogP contribution is -2.40. The maximum Gasteiger partial charge on any atom is 0.154 e. The number of nitrogens with one attached hydrogen (secondary N) is 2. The molecular formula is C18H24FN3O. The maximum atomic E-state index is 13.7. The molecule has 1 fully saturated rings. The molecule has 0 saturated carbocycles. The average molecular weight is 317 g/mol. The van der Waals surface area contributed by atoms with Gasteiger partial charge in [0, 0.05) is 12.0 Å². The van der Waals surface area contributed by atoms with Gasteiger partial charge in [0.05, 0.1) is 11.6 Å². The number of hydrogen-bond donors (Lipinski definition) is 2. The van der Waals surface area contributed by atoms with Crippen molar-refractivity contribution in [3.8, 4) is 6.07 Å². The predicted molar refractivity (Wildman–Crippen MR) is 86.8 cm³/mol. The van der Waals surface area contributed by atoms with E-state index in [1.165, 1.54) is 12.1 Å². The first-order chi connectivity index (χ1) is 11.0. The summed E-state index contributed by atoms with van der Waals surface area (Å²) >= 11 is 0. The topological polar surface area (TPSA) is 64.9 Å². The fourth-order valence-electron chi connectivity index (χ4n) is 3.10. The van der Waals surface area contributed by atoms with Crippen molar-refractivity contribution < 1.29 is 9.18 Å². The van der Waals surface area contributed by atoms with E-state index < -0.39 is 5.82 Å². The lowest BCUT2D eigenvalue weighted by Gasteiger charge is -2.21. The summed E-state index contributed by atoms with van der Waals surface area (Å²) in [4.78, 5) is 12.6. The Morgan fingerprint density at radius 2 is 2.17 bits per heavy atom. The van der Waals surface area contributed by atoms with E-state index in [1.54, 1.807) is 6.07 Å². The molecule has 0 amide bonds. The van der Waals surface area contributed by atoms with Crippen LogP contribution in [0.2, 0.25) is 0 Å². The van der Waals surface area contributed by atoms with Gasteiger partial charge < -0.3 is 0 Å². The molecule has 4 unspecified atom stereocenters. The molecule has 2 rings (SSSR count). The molecule has 1 aromatic rings. The lowest BCUT2D eigenvalue weighted by molar-refractivity contribution is -0.125. The zero-order valence-electron chi connectivity index (χ0n) is 13.9. The molecule has 5 heteroatoms. The van der Waals surface area contributed by atoms with Gasteiger partial charge in [0.2, 0.25) is 0 Å². The third kappa shape index (κ3) is 3.95. The Morgan fingerprint density at radius 1 is 1.43 bits per heavy atom. The number of hydrogen-bond acceptors (Lipinski definition) is 4. The molecule has 4 nitrogen and oxygen atoms in total. The van der Waals surface area contributed by atoms with E-state index in [2.05, 4.69) is 24.7 Å². The van der Waals surface area contributed by atoms with E-state index in [9.17, 15) is 9.18 Å². The van der Waals surface area contributed by atoms with E-state index in [0.29, 0.717) is 12.3 Å². The first-order valence-electron chi connectivity index (χ1n) is 8.22. The zero-order valence-corrected chi connectivity index (χ0v) is 13.9. The van der Waals surface area contributed by atoms with Crippen LogP contribution in [0.3, 0.4) is 0 Å². The zero-order chi connectivity index (χ0) is 17.0. The number of nitrogens with zero attached hydrogens (tertiary/aromatic N) is 1. The Labute approximate surface area is 137 Å². The minimum atomic E-state index is -0.522. The molecule has 1 aliphatic heterocycles. The standard InChI is InChI=1S/C18H24FN3O/c1-4-5-11(2)12(3)18(23)17-9-16(21-22-17)13-6-7-14(10-20)15(19)8-13/h6-8,11-12,16-17,21-22H,4-5,9H2,1-3H3. The number of carbonyl (C=O) groups excluding carboxylic acids is 1. The molecule has 1 aromatic carbocycles. The average Bonchev–Trinajstić information content (AvgIpc) is 3.03. The number of benzene rings is 1. The summed E-state index contributed by atoms with van der Waals surface area (Å²) in [6.07, 6.45) is 2.70. The van der Waals surface area contributed by atoms with Crippen molar-refractivity contribution in [1.29, 1.82) is 5.26 Å². The third-order valence-electron chi connectivity index (χ3n) is 4.81.